The van der Waals surface area contributed by atoms with Gasteiger partial charge in [-0.2, -0.15) is 0 Å². The molecule has 3 rings (SSSR count). The first-order valence-electron chi connectivity index (χ1n) is 8.38. The lowest BCUT2D eigenvalue weighted by molar-refractivity contribution is 0.114. The molecule has 2 aliphatic rings. The van der Waals surface area contributed by atoms with Gasteiger partial charge in [0.05, 0.1) is 0 Å². The summed E-state index contributed by atoms with van der Waals surface area (Å²) >= 11 is 0. The van der Waals surface area contributed by atoms with E-state index in [0.717, 1.165) is 30.1 Å². The topological polar surface area (TPSA) is 15.3 Å². The highest BCUT2D eigenvalue weighted by molar-refractivity contribution is 5.25. The Kier molecular flexibility index (Phi) is 4.60. The van der Waals surface area contributed by atoms with Crippen LogP contribution in [0.25, 0.3) is 0 Å². The zero-order valence-electron chi connectivity index (χ0n) is 13.2. The van der Waals surface area contributed by atoms with Crippen LogP contribution in [0.3, 0.4) is 0 Å². The average Bonchev–Trinajstić information content (AvgIpc) is 3.04. The van der Waals surface area contributed by atoms with Crippen LogP contribution >= 0.6 is 0 Å². The van der Waals surface area contributed by atoms with Gasteiger partial charge in [-0.25, -0.2) is 4.39 Å². The van der Waals surface area contributed by atoms with Gasteiger partial charge in [0.2, 0.25) is 0 Å². The third kappa shape index (κ3) is 3.29. The minimum Gasteiger partial charge on any atom is -0.314 e. The largest absolute Gasteiger partial charge is 0.314 e. The van der Waals surface area contributed by atoms with Crippen LogP contribution < -0.4 is 5.32 Å². The van der Waals surface area contributed by atoms with E-state index in [-0.39, 0.29) is 5.82 Å². The molecule has 2 heterocycles. The van der Waals surface area contributed by atoms with Crippen molar-refractivity contribution < 1.29 is 4.39 Å². The highest BCUT2D eigenvalue weighted by Crippen LogP contribution is 2.30. The van der Waals surface area contributed by atoms with Crippen molar-refractivity contribution in [3.05, 3.63) is 35.1 Å². The number of aryl methyl sites for hydroxylation is 1. The Labute approximate surface area is 127 Å². The molecule has 2 fully saturated rings. The number of rotatable bonds is 3. The van der Waals surface area contributed by atoms with Crippen LogP contribution in [0, 0.1) is 18.7 Å². The standard InChI is InChI=1S/C18H27FN2/c1-13-7-8-15(11-17(13)19)14(2)21-10-4-5-16(12-21)18-6-3-9-20-18/h7-8,11,14,16,18,20H,3-6,9-10,12H2,1-2H3. The van der Waals surface area contributed by atoms with Crippen molar-refractivity contribution in [1.82, 2.24) is 10.2 Å². The number of benzene rings is 1. The normalized spacial score (nSPS) is 28.7. The second-order valence-electron chi connectivity index (χ2n) is 6.78. The van der Waals surface area contributed by atoms with Crippen LogP contribution in [-0.2, 0) is 0 Å². The Bertz CT molecular complexity index is 482. The maximum Gasteiger partial charge on any atom is 0.126 e. The number of nitrogens with one attached hydrogen (secondary N) is 1. The highest BCUT2D eigenvalue weighted by atomic mass is 19.1. The number of piperidine rings is 1. The van der Waals surface area contributed by atoms with Crippen molar-refractivity contribution in [3.8, 4) is 0 Å². The molecule has 0 aliphatic carbocycles. The van der Waals surface area contributed by atoms with Gasteiger partial charge in [-0.3, -0.25) is 4.90 Å². The minimum absolute atomic E-state index is 0.0784. The zero-order valence-corrected chi connectivity index (χ0v) is 13.2. The first-order chi connectivity index (χ1) is 10.1. The lowest BCUT2D eigenvalue weighted by atomic mass is 9.88. The van der Waals surface area contributed by atoms with Crippen molar-refractivity contribution in [2.24, 2.45) is 5.92 Å². The maximum absolute atomic E-state index is 13.8. The predicted molar refractivity (Wildman–Crippen MR) is 84.9 cm³/mol. The van der Waals surface area contributed by atoms with E-state index in [1.54, 1.807) is 6.07 Å². The summed E-state index contributed by atoms with van der Waals surface area (Å²) < 4.78 is 13.8. The van der Waals surface area contributed by atoms with Gasteiger partial charge in [0.25, 0.3) is 0 Å². The van der Waals surface area contributed by atoms with E-state index in [9.17, 15) is 4.39 Å². The van der Waals surface area contributed by atoms with Crippen molar-refractivity contribution >= 4 is 0 Å². The molecule has 3 atom stereocenters. The molecular weight excluding hydrogens is 263 g/mol. The van der Waals surface area contributed by atoms with Gasteiger partial charge >= 0.3 is 0 Å². The molecular formula is C18H27FN2. The SMILES string of the molecule is Cc1ccc(C(C)N2CCCC(C3CCCN3)C2)cc1F. The Hall–Kier alpha value is -0.930. The van der Waals surface area contributed by atoms with Gasteiger partial charge in [-0.15, -0.1) is 0 Å². The molecule has 116 valence electrons. The Morgan fingerprint density at radius 3 is 2.86 bits per heavy atom. The molecule has 1 N–H and O–H groups in total. The fourth-order valence-electron chi connectivity index (χ4n) is 3.91. The highest BCUT2D eigenvalue weighted by Gasteiger charge is 2.31. The van der Waals surface area contributed by atoms with Crippen LogP contribution in [0.15, 0.2) is 18.2 Å². The third-order valence-corrected chi connectivity index (χ3v) is 5.38. The van der Waals surface area contributed by atoms with Crippen LogP contribution in [0.2, 0.25) is 0 Å². The molecule has 3 unspecified atom stereocenters. The van der Waals surface area contributed by atoms with Gasteiger partial charge < -0.3 is 5.32 Å². The lowest BCUT2D eigenvalue weighted by Gasteiger charge is -2.39. The quantitative estimate of drug-likeness (QED) is 0.914. The Morgan fingerprint density at radius 2 is 2.14 bits per heavy atom. The van der Waals surface area contributed by atoms with Crippen molar-refractivity contribution in [3.63, 3.8) is 0 Å². The van der Waals surface area contributed by atoms with Gasteiger partial charge in [-0.1, -0.05) is 12.1 Å². The summed E-state index contributed by atoms with van der Waals surface area (Å²) in [5.74, 6) is 0.685. The predicted octanol–water partition coefficient (Wildman–Crippen LogP) is 3.66. The van der Waals surface area contributed by atoms with Crippen molar-refractivity contribution in [2.45, 2.75) is 51.6 Å². The van der Waals surface area contributed by atoms with Gasteiger partial charge in [0, 0.05) is 18.6 Å². The summed E-state index contributed by atoms with van der Waals surface area (Å²) in [7, 11) is 0. The molecule has 1 aromatic carbocycles. The molecule has 21 heavy (non-hydrogen) atoms. The van der Waals surface area contributed by atoms with Crippen LogP contribution in [0.1, 0.15) is 49.8 Å². The first kappa shape index (κ1) is 15.0. The molecule has 0 spiro atoms. The van der Waals surface area contributed by atoms with Crippen LogP contribution in [0.5, 0.6) is 0 Å². The van der Waals surface area contributed by atoms with E-state index in [2.05, 4.69) is 23.2 Å². The van der Waals surface area contributed by atoms with Gasteiger partial charge in [0.1, 0.15) is 5.82 Å². The Morgan fingerprint density at radius 1 is 1.29 bits per heavy atom. The summed E-state index contributed by atoms with van der Waals surface area (Å²) in [6.45, 7) is 7.51. The van der Waals surface area contributed by atoms with Gasteiger partial charge in [0.15, 0.2) is 0 Å². The van der Waals surface area contributed by atoms with E-state index in [4.69, 9.17) is 0 Å². The molecule has 0 bridgehead atoms. The number of likely N-dealkylation sites (tertiary alicyclic amines) is 1. The summed E-state index contributed by atoms with van der Waals surface area (Å²) in [6.07, 6.45) is 5.25. The number of nitrogens with zero attached hydrogens (tertiary/aromatic N) is 1. The molecule has 0 aromatic heterocycles. The zero-order chi connectivity index (χ0) is 14.8. The summed E-state index contributed by atoms with van der Waals surface area (Å²) in [6, 6.07) is 6.72. The third-order valence-electron chi connectivity index (χ3n) is 5.38. The summed E-state index contributed by atoms with van der Waals surface area (Å²) in [5.41, 5.74) is 1.84. The molecule has 3 heteroatoms. The van der Waals surface area contributed by atoms with Crippen LogP contribution in [0.4, 0.5) is 4.39 Å². The molecule has 0 saturated carbocycles. The second-order valence-corrected chi connectivity index (χ2v) is 6.78. The monoisotopic (exact) mass is 290 g/mol. The molecule has 1 aromatic rings. The number of halogens is 1. The lowest BCUT2D eigenvalue weighted by Crippen LogP contribution is -2.44. The fraction of sp³-hybridized carbons (Fsp3) is 0.667. The Balaban J connectivity index is 1.68. The van der Waals surface area contributed by atoms with E-state index < -0.39 is 0 Å². The van der Waals surface area contributed by atoms with Crippen molar-refractivity contribution in [1.29, 1.82) is 0 Å². The first-order valence-corrected chi connectivity index (χ1v) is 8.38. The summed E-state index contributed by atoms with van der Waals surface area (Å²) in [4.78, 5) is 2.54. The second kappa shape index (κ2) is 6.45. The molecule has 0 amide bonds. The van der Waals surface area contributed by atoms with E-state index in [1.165, 1.54) is 32.2 Å². The maximum atomic E-state index is 13.8. The fourth-order valence-corrected chi connectivity index (χ4v) is 3.91. The van der Waals surface area contributed by atoms with Crippen LogP contribution in [-0.4, -0.2) is 30.6 Å². The molecule has 2 nitrogen and oxygen atoms in total. The van der Waals surface area contributed by atoms with Gasteiger partial charge in [-0.05, 0) is 75.7 Å². The van der Waals surface area contributed by atoms with Crippen molar-refractivity contribution in [2.75, 3.05) is 19.6 Å². The molecule has 2 aliphatic heterocycles. The molecule has 2 saturated heterocycles. The minimum atomic E-state index is -0.0784. The van der Waals surface area contributed by atoms with E-state index in [0.29, 0.717) is 12.1 Å². The molecule has 0 radical (unpaired) electrons. The van der Waals surface area contributed by atoms with E-state index >= 15 is 0 Å². The number of hydrogen-bond acceptors (Lipinski definition) is 2. The van der Waals surface area contributed by atoms with E-state index in [1.807, 2.05) is 13.0 Å². The smallest absolute Gasteiger partial charge is 0.126 e. The average molecular weight is 290 g/mol. The summed E-state index contributed by atoms with van der Waals surface area (Å²) in [5, 5.41) is 3.66. The number of hydrogen-bond donors (Lipinski definition) is 1.